The fourth-order valence-electron chi connectivity index (χ4n) is 2.10. The highest BCUT2D eigenvalue weighted by molar-refractivity contribution is 5.91. The van der Waals surface area contributed by atoms with Crippen molar-refractivity contribution in [1.82, 2.24) is 14.9 Å². The zero-order valence-corrected chi connectivity index (χ0v) is 11.0. The summed E-state index contributed by atoms with van der Waals surface area (Å²) >= 11 is 0. The molecule has 0 N–H and O–H groups in total. The number of amides is 1. The zero-order chi connectivity index (χ0) is 13.8. The predicted molar refractivity (Wildman–Crippen MR) is 76.0 cm³/mol. The second kappa shape index (κ2) is 5.79. The lowest BCUT2D eigenvalue weighted by Gasteiger charge is -2.25. The summed E-state index contributed by atoms with van der Waals surface area (Å²) in [5, 5.41) is 0. The molecule has 1 aliphatic rings. The van der Waals surface area contributed by atoms with Crippen molar-refractivity contribution in [1.29, 1.82) is 0 Å². The molecule has 1 aromatic heterocycles. The van der Waals surface area contributed by atoms with Gasteiger partial charge in [-0.25, -0.2) is 4.98 Å². The first-order valence-electron chi connectivity index (χ1n) is 6.59. The molecule has 5 heteroatoms. The number of ether oxygens (including phenoxy) is 1. The van der Waals surface area contributed by atoms with E-state index in [0.717, 1.165) is 11.0 Å². The molecule has 0 radical (unpaired) electrons. The monoisotopic (exact) mass is 269 g/mol. The Morgan fingerprint density at radius 3 is 2.75 bits per heavy atom. The SMILES string of the molecule is O=C(/C=C/c1cnc2ccccc2n1)N1CCOCC1. The molecule has 1 aliphatic heterocycles. The van der Waals surface area contributed by atoms with Crippen LogP contribution in [0.1, 0.15) is 5.69 Å². The van der Waals surface area contributed by atoms with Crippen LogP contribution in [-0.4, -0.2) is 47.1 Å². The maximum Gasteiger partial charge on any atom is 0.246 e. The molecule has 0 spiro atoms. The van der Waals surface area contributed by atoms with E-state index in [2.05, 4.69) is 9.97 Å². The van der Waals surface area contributed by atoms with Gasteiger partial charge in [0, 0.05) is 19.2 Å². The van der Waals surface area contributed by atoms with Crippen molar-refractivity contribution in [2.75, 3.05) is 26.3 Å². The van der Waals surface area contributed by atoms with E-state index in [9.17, 15) is 4.79 Å². The maximum absolute atomic E-state index is 12.0. The Balaban J connectivity index is 1.74. The molecule has 1 aromatic carbocycles. The lowest BCUT2D eigenvalue weighted by Crippen LogP contribution is -2.39. The third-order valence-electron chi connectivity index (χ3n) is 3.19. The van der Waals surface area contributed by atoms with Crippen LogP contribution in [-0.2, 0) is 9.53 Å². The van der Waals surface area contributed by atoms with Crippen LogP contribution < -0.4 is 0 Å². The van der Waals surface area contributed by atoms with Crippen LogP contribution in [0.25, 0.3) is 17.1 Å². The molecule has 0 bridgehead atoms. The van der Waals surface area contributed by atoms with E-state index in [1.807, 2.05) is 24.3 Å². The van der Waals surface area contributed by atoms with Gasteiger partial charge < -0.3 is 9.64 Å². The summed E-state index contributed by atoms with van der Waals surface area (Å²) in [6.45, 7) is 2.50. The van der Waals surface area contributed by atoms with Gasteiger partial charge in [0.25, 0.3) is 0 Å². The number of morpholine rings is 1. The summed E-state index contributed by atoms with van der Waals surface area (Å²) in [4.78, 5) is 22.5. The first kappa shape index (κ1) is 12.7. The first-order valence-corrected chi connectivity index (χ1v) is 6.59. The predicted octanol–water partition coefficient (Wildman–Crippen LogP) is 1.50. The minimum Gasteiger partial charge on any atom is -0.378 e. The van der Waals surface area contributed by atoms with Gasteiger partial charge in [0.1, 0.15) is 0 Å². The van der Waals surface area contributed by atoms with Crippen molar-refractivity contribution in [2.24, 2.45) is 0 Å². The van der Waals surface area contributed by atoms with Gasteiger partial charge in [-0.3, -0.25) is 9.78 Å². The summed E-state index contributed by atoms with van der Waals surface area (Å²) in [5.41, 5.74) is 2.36. The number of carbonyl (C=O) groups is 1. The van der Waals surface area contributed by atoms with Gasteiger partial charge in [0.2, 0.25) is 5.91 Å². The van der Waals surface area contributed by atoms with Crippen LogP contribution in [0.5, 0.6) is 0 Å². The molecule has 1 fully saturated rings. The summed E-state index contributed by atoms with van der Waals surface area (Å²) in [5.74, 6) is -0.0109. The van der Waals surface area contributed by atoms with Crippen LogP contribution in [0.2, 0.25) is 0 Å². The highest BCUT2D eigenvalue weighted by Crippen LogP contribution is 2.09. The number of para-hydroxylation sites is 2. The lowest BCUT2D eigenvalue weighted by atomic mass is 10.3. The Morgan fingerprint density at radius 1 is 1.20 bits per heavy atom. The Morgan fingerprint density at radius 2 is 1.95 bits per heavy atom. The van der Waals surface area contributed by atoms with Crippen LogP contribution in [0.3, 0.4) is 0 Å². The third kappa shape index (κ3) is 2.83. The van der Waals surface area contributed by atoms with Gasteiger partial charge in [-0.1, -0.05) is 12.1 Å². The lowest BCUT2D eigenvalue weighted by molar-refractivity contribution is -0.129. The van der Waals surface area contributed by atoms with E-state index in [1.54, 1.807) is 23.2 Å². The molecule has 1 amide bonds. The topological polar surface area (TPSA) is 55.3 Å². The summed E-state index contributed by atoms with van der Waals surface area (Å²) in [7, 11) is 0. The molecule has 0 unspecified atom stereocenters. The minimum atomic E-state index is -0.0109. The first-order chi connectivity index (χ1) is 9.83. The van der Waals surface area contributed by atoms with Crippen LogP contribution in [0.4, 0.5) is 0 Å². The number of hydrogen-bond acceptors (Lipinski definition) is 4. The van der Waals surface area contributed by atoms with E-state index < -0.39 is 0 Å². The van der Waals surface area contributed by atoms with Gasteiger partial charge in [-0.05, 0) is 18.2 Å². The Hall–Kier alpha value is -2.27. The van der Waals surface area contributed by atoms with Gasteiger partial charge in [-0.15, -0.1) is 0 Å². The molecule has 2 heterocycles. The van der Waals surface area contributed by atoms with Gasteiger partial charge in [-0.2, -0.15) is 0 Å². The fourth-order valence-corrected chi connectivity index (χ4v) is 2.10. The molecule has 1 saturated heterocycles. The molecule has 0 saturated carbocycles. The number of fused-ring (bicyclic) bond motifs is 1. The smallest absolute Gasteiger partial charge is 0.246 e. The van der Waals surface area contributed by atoms with Crippen LogP contribution in [0, 0.1) is 0 Å². The van der Waals surface area contributed by atoms with E-state index in [0.29, 0.717) is 32.0 Å². The number of carbonyl (C=O) groups excluding carboxylic acids is 1. The molecule has 102 valence electrons. The van der Waals surface area contributed by atoms with Crippen LogP contribution in [0.15, 0.2) is 36.5 Å². The quantitative estimate of drug-likeness (QED) is 0.775. The molecule has 0 atom stereocenters. The number of aromatic nitrogens is 2. The van der Waals surface area contributed by atoms with Gasteiger partial charge in [0.15, 0.2) is 0 Å². The van der Waals surface area contributed by atoms with E-state index in [4.69, 9.17) is 4.74 Å². The van der Waals surface area contributed by atoms with Crippen molar-refractivity contribution in [2.45, 2.75) is 0 Å². The number of rotatable bonds is 2. The highest BCUT2D eigenvalue weighted by Gasteiger charge is 2.13. The standard InChI is InChI=1S/C15H15N3O2/c19-15(18-7-9-20-10-8-18)6-5-12-11-16-13-3-1-2-4-14(13)17-12/h1-6,11H,7-10H2/b6-5+. The van der Waals surface area contributed by atoms with Crippen molar-refractivity contribution < 1.29 is 9.53 Å². The average molecular weight is 269 g/mol. The van der Waals surface area contributed by atoms with Crippen molar-refractivity contribution in [3.63, 3.8) is 0 Å². The molecule has 2 aromatic rings. The zero-order valence-electron chi connectivity index (χ0n) is 11.0. The van der Waals surface area contributed by atoms with E-state index in [1.165, 1.54) is 0 Å². The number of benzene rings is 1. The minimum absolute atomic E-state index is 0.0109. The second-order valence-electron chi connectivity index (χ2n) is 4.55. The Labute approximate surface area is 116 Å². The molecular formula is C15H15N3O2. The summed E-state index contributed by atoms with van der Waals surface area (Å²) < 4.78 is 5.22. The van der Waals surface area contributed by atoms with Gasteiger partial charge >= 0.3 is 0 Å². The van der Waals surface area contributed by atoms with Gasteiger partial charge in [0.05, 0.1) is 36.1 Å². The number of hydrogen-bond donors (Lipinski definition) is 0. The molecule has 20 heavy (non-hydrogen) atoms. The normalized spacial score (nSPS) is 15.9. The summed E-state index contributed by atoms with van der Waals surface area (Å²) in [6, 6.07) is 7.66. The summed E-state index contributed by atoms with van der Waals surface area (Å²) in [6.07, 6.45) is 4.92. The fraction of sp³-hybridized carbons (Fsp3) is 0.267. The molecule has 0 aliphatic carbocycles. The third-order valence-corrected chi connectivity index (χ3v) is 3.19. The van der Waals surface area contributed by atoms with E-state index >= 15 is 0 Å². The molecule has 3 rings (SSSR count). The average Bonchev–Trinajstić information content (AvgIpc) is 2.53. The molecular weight excluding hydrogens is 254 g/mol. The van der Waals surface area contributed by atoms with Crippen molar-refractivity contribution >= 4 is 23.0 Å². The maximum atomic E-state index is 12.0. The Bertz CT molecular complexity index is 648. The largest absolute Gasteiger partial charge is 0.378 e. The highest BCUT2D eigenvalue weighted by atomic mass is 16.5. The van der Waals surface area contributed by atoms with E-state index in [-0.39, 0.29) is 5.91 Å². The Kier molecular flexibility index (Phi) is 3.69. The van der Waals surface area contributed by atoms with Crippen LogP contribution >= 0.6 is 0 Å². The van der Waals surface area contributed by atoms with Crippen molar-refractivity contribution in [3.05, 3.63) is 42.2 Å². The second-order valence-corrected chi connectivity index (χ2v) is 4.55. The van der Waals surface area contributed by atoms with Crippen molar-refractivity contribution in [3.8, 4) is 0 Å². The molecule has 5 nitrogen and oxygen atoms in total. The number of nitrogens with zero attached hydrogens (tertiary/aromatic N) is 3.